The highest BCUT2D eigenvalue weighted by molar-refractivity contribution is 7.86. The van der Waals surface area contributed by atoms with E-state index in [9.17, 15) is 8.42 Å². The van der Waals surface area contributed by atoms with E-state index in [0.29, 0.717) is 17.1 Å². The summed E-state index contributed by atoms with van der Waals surface area (Å²) in [6.45, 7) is 0. The number of rotatable bonds is 3. The van der Waals surface area contributed by atoms with E-state index >= 15 is 0 Å². The molecule has 7 nitrogen and oxygen atoms in total. The van der Waals surface area contributed by atoms with Gasteiger partial charge in [-0.15, -0.1) is 10.2 Å². The Morgan fingerprint density at radius 2 is 1.60 bits per heavy atom. The fraction of sp³-hybridized carbons (Fsp3) is 0. The average molecular weight is 292 g/mol. The predicted octanol–water partition coefficient (Wildman–Crippen LogP) is 2.51. The molecule has 0 radical (unpaired) electrons. The van der Waals surface area contributed by atoms with E-state index in [1.54, 1.807) is 18.2 Å². The summed E-state index contributed by atoms with van der Waals surface area (Å²) >= 11 is 0. The van der Waals surface area contributed by atoms with Gasteiger partial charge in [0.05, 0.1) is 5.69 Å². The molecule has 0 aromatic heterocycles. The monoisotopic (exact) mass is 292 g/mol. The zero-order chi connectivity index (χ0) is 14.8. The van der Waals surface area contributed by atoms with Crippen molar-refractivity contribution < 1.29 is 13.0 Å². The largest absolute Gasteiger partial charge is 0.399 e. The van der Waals surface area contributed by atoms with Gasteiger partial charge in [0.25, 0.3) is 10.1 Å². The number of anilines is 2. The van der Waals surface area contributed by atoms with Crippen LogP contribution in [0.15, 0.2) is 57.6 Å². The molecule has 0 aliphatic heterocycles. The molecule has 0 saturated carbocycles. The first kappa shape index (κ1) is 14.0. The molecule has 0 aliphatic carbocycles. The van der Waals surface area contributed by atoms with E-state index in [2.05, 4.69) is 10.2 Å². The van der Waals surface area contributed by atoms with E-state index < -0.39 is 10.1 Å². The van der Waals surface area contributed by atoms with Gasteiger partial charge in [0.1, 0.15) is 16.3 Å². The van der Waals surface area contributed by atoms with Crippen LogP contribution >= 0.6 is 0 Å². The van der Waals surface area contributed by atoms with Crippen molar-refractivity contribution in [1.82, 2.24) is 0 Å². The number of nitrogen functional groups attached to an aromatic ring is 2. The fourth-order valence-electron chi connectivity index (χ4n) is 1.53. The van der Waals surface area contributed by atoms with Crippen molar-refractivity contribution in [2.75, 3.05) is 11.5 Å². The maximum atomic E-state index is 11.2. The summed E-state index contributed by atoms with van der Waals surface area (Å²) < 4.78 is 31.5. The van der Waals surface area contributed by atoms with Gasteiger partial charge in [-0.3, -0.25) is 4.55 Å². The third-order valence-corrected chi connectivity index (χ3v) is 3.36. The Morgan fingerprint density at radius 1 is 0.950 bits per heavy atom. The maximum Gasteiger partial charge on any atom is 0.296 e. The number of hydrogen-bond donors (Lipinski definition) is 3. The highest BCUT2D eigenvalue weighted by Crippen LogP contribution is 2.29. The highest BCUT2D eigenvalue weighted by atomic mass is 32.2. The molecular formula is C12H12N4O3S. The molecule has 0 unspecified atom stereocenters. The second-order valence-electron chi connectivity index (χ2n) is 3.96. The Hall–Kier alpha value is -2.45. The van der Waals surface area contributed by atoms with Gasteiger partial charge < -0.3 is 11.5 Å². The van der Waals surface area contributed by atoms with Crippen LogP contribution in [0.3, 0.4) is 0 Å². The lowest BCUT2D eigenvalue weighted by atomic mass is 10.2. The molecule has 0 bridgehead atoms. The van der Waals surface area contributed by atoms with Crippen LogP contribution in [-0.2, 0) is 10.1 Å². The molecule has 0 heterocycles. The molecule has 2 rings (SSSR count). The quantitative estimate of drug-likeness (QED) is 0.454. The van der Waals surface area contributed by atoms with Gasteiger partial charge in [0.2, 0.25) is 0 Å². The molecule has 2 aromatic carbocycles. The van der Waals surface area contributed by atoms with Gasteiger partial charge in [0, 0.05) is 5.69 Å². The van der Waals surface area contributed by atoms with E-state index in [0.717, 1.165) is 0 Å². The molecule has 0 atom stereocenters. The topological polar surface area (TPSA) is 131 Å². The number of azo groups is 1. The van der Waals surface area contributed by atoms with Gasteiger partial charge >= 0.3 is 0 Å². The molecule has 0 fully saturated rings. The zero-order valence-corrected chi connectivity index (χ0v) is 11.1. The van der Waals surface area contributed by atoms with Crippen LogP contribution in [-0.4, -0.2) is 13.0 Å². The summed E-state index contributed by atoms with van der Waals surface area (Å²) in [5, 5.41) is 7.66. The first-order chi connectivity index (χ1) is 9.38. The highest BCUT2D eigenvalue weighted by Gasteiger charge is 2.14. The van der Waals surface area contributed by atoms with E-state index in [-0.39, 0.29) is 10.6 Å². The van der Waals surface area contributed by atoms with E-state index in [4.69, 9.17) is 16.0 Å². The van der Waals surface area contributed by atoms with Gasteiger partial charge in [-0.2, -0.15) is 8.42 Å². The molecule has 8 heteroatoms. The Bertz CT molecular complexity index is 772. The lowest BCUT2D eigenvalue weighted by Gasteiger charge is -2.02. The predicted molar refractivity (Wildman–Crippen MR) is 75.7 cm³/mol. The van der Waals surface area contributed by atoms with Crippen molar-refractivity contribution in [2.24, 2.45) is 10.2 Å². The Kier molecular flexibility index (Phi) is 3.68. The van der Waals surface area contributed by atoms with Crippen LogP contribution in [0.4, 0.5) is 22.7 Å². The summed E-state index contributed by atoms with van der Waals surface area (Å²) in [6.07, 6.45) is 0. The number of nitrogens with zero attached hydrogens (tertiary/aromatic N) is 2. The standard InChI is InChI=1S/C12H12N4O3S/c13-8-5-6-10(9(14)7-8)15-16-11-3-1-2-4-12(11)20(17,18)19/h1-7H,13-14H2,(H,17,18,19). The van der Waals surface area contributed by atoms with E-state index in [1.165, 1.54) is 24.3 Å². The van der Waals surface area contributed by atoms with Gasteiger partial charge in [-0.25, -0.2) is 0 Å². The summed E-state index contributed by atoms with van der Waals surface area (Å²) in [7, 11) is -4.36. The fourth-order valence-corrected chi connectivity index (χ4v) is 2.15. The van der Waals surface area contributed by atoms with Gasteiger partial charge in [-0.05, 0) is 30.3 Å². The minimum atomic E-state index is -4.36. The Balaban J connectivity index is 2.42. The molecular weight excluding hydrogens is 280 g/mol. The lowest BCUT2D eigenvalue weighted by molar-refractivity contribution is 0.483. The molecule has 20 heavy (non-hydrogen) atoms. The van der Waals surface area contributed by atoms with Crippen molar-refractivity contribution in [3.05, 3.63) is 42.5 Å². The molecule has 0 amide bonds. The first-order valence-corrected chi connectivity index (χ1v) is 6.95. The third kappa shape index (κ3) is 3.11. The summed E-state index contributed by atoms with van der Waals surface area (Å²) in [5.74, 6) is 0. The van der Waals surface area contributed by atoms with Crippen molar-refractivity contribution in [3.8, 4) is 0 Å². The van der Waals surface area contributed by atoms with Gasteiger partial charge in [0.15, 0.2) is 0 Å². The number of nitrogens with two attached hydrogens (primary N) is 2. The molecule has 104 valence electrons. The van der Waals surface area contributed by atoms with Crippen molar-refractivity contribution in [2.45, 2.75) is 4.90 Å². The maximum absolute atomic E-state index is 11.2. The van der Waals surface area contributed by atoms with Crippen molar-refractivity contribution in [3.63, 3.8) is 0 Å². The minimum absolute atomic E-state index is 0.0197. The van der Waals surface area contributed by atoms with Crippen LogP contribution in [0, 0.1) is 0 Å². The van der Waals surface area contributed by atoms with Crippen molar-refractivity contribution in [1.29, 1.82) is 0 Å². The summed E-state index contributed by atoms with van der Waals surface area (Å²) in [5.41, 5.74) is 12.4. The minimum Gasteiger partial charge on any atom is -0.399 e. The average Bonchev–Trinajstić information content (AvgIpc) is 2.37. The molecule has 2 aromatic rings. The zero-order valence-electron chi connectivity index (χ0n) is 10.3. The normalized spacial score (nSPS) is 11.8. The Morgan fingerprint density at radius 3 is 2.25 bits per heavy atom. The van der Waals surface area contributed by atoms with Crippen LogP contribution in [0.2, 0.25) is 0 Å². The number of hydrogen-bond acceptors (Lipinski definition) is 6. The van der Waals surface area contributed by atoms with Crippen LogP contribution in [0.25, 0.3) is 0 Å². The van der Waals surface area contributed by atoms with Crippen LogP contribution < -0.4 is 11.5 Å². The smallest absolute Gasteiger partial charge is 0.296 e. The van der Waals surface area contributed by atoms with Gasteiger partial charge in [-0.1, -0.05) is 12.1 Å². The summed E-state index contributed by atoms with van der Waals surface area (Å²) in [6, 6.07) is 10.4. The summed E-state index contributed by atoms with van der Waals surface area (Å²) in [4.78, 5) is -0.322. The number of benzene rings is 2. The molecule has 0 saturated heterocycles. The first-order valence-electron chi connectivity index (χ1n) is 5.51. The van der Waals surface area contributed by atoms with Crippen LogP contribution in [0.5, 0.6) is 0 Å². The Labute approximate surface area is 115 Å². The third-order valence-electron chi connectivity index (χ3n) is 2.46. The van der Waals surface area contributed by atoms with Crippen LogP contribution in [0.1, 0.15) is 0 Å². The van der Waals surface area contributed by atoms with Crippen molar-refractivity contribution >= 4 is 32.9 Å². The molecule has 5 N–H and O–H groups in total. The molecule has 0 aliphatic rings. The lowest BCUT2D eigenvalue weighted by Crippen LogP contribution is -1.97. The SMILES string of the molecule is Nc1ccc(N=Nc2ccccc2S(=O)(=O)O)c(N)c1. The van der Waals surface area contributed by atoms with E-state index in [1.807, 2.05) is 0 Å². The second kappa shape index (κ2) is 5.27. The second-order valence-corrected chi connectivity index (χ2v) is 5.35. The molecule has 0 spiro atoms.